The van der Waals surface area contributed by atoms with Gasteiger partial charge in [-0.2, -0.15) is 4.98 Å². The standard InChI is InChI=1S/C20H26FN3O3/c1-13-11-14(2)17(15(3)12-13)18(25)24-8-6-20(21,7-9-24)19-22-16(23-27-19)5-10-26-4/h11-12H,5-10H2,1-4H3. The van der Waals surface area contributed by atoms with Crippen molar-refractivity contribution in [2.45, 2.75) is 45.7 Å². The summed E-state index contributed by atoms with van der Waals surface area (Å²) in [6, 6.07) is 4.01. The molecule has 0 unspecified atom stereocenters. The van der Waals surface area contributed by atoms with Crippen LogP contribution in [0.3, 0.4) is 0 Å². The van der Waals surface area contributed by atoms with Crippen molar-refractivity contribution in [3.8, 4) is 0 Å². The van der Waals surface area contributed by atoms with Crippen LogP contribution < -0.4 is 0 Å². The first-order valence-corrected chi connectivity index (χ1v) is 9.22. The molecule has 7 heteroatoms. The van der Waals surface area contributed by atoms with Gasteiger partial charge >= 0.3 is 0 Å². The molecule has 0 N–H and O–H groups in total. The Morgan fingerprint density at radius 1 is 1.26 bits per heavy atom. The Hall–Kier alpha value is -2.28. The maximum atomic E-state index is 15.3. The van der Waals surface area contributed by atoms with Gasteiger partial charge < -0.3 is 14.2 Å². The quantitative estimate of drug-likeness (QED) is 0.802. The molecular weight excluding hydrogens is 349 g/mol. The second-order valence-electron chi connectivity index (χ2n) is 7.29. The summed E-state index contributed by atoms with van der Waals surface area (Å²) in [4.78, 5) is 18.8. The first-order valence-electron chi connectivity index (χ1n) is 9.22. The van der Waals surface area contributed by atoms with E-state index in [9.17, 15) is 4.79 Å². The summed E-state index contributed by atoms with van der Waals surface area (Å²) >= 11 is 0. The number of methoxy groups -OCH3 is 1. The predicted molar refractivity (Wildman–Crippen MR) is 98.5 cm³/mol. The number of carbonyl (C=O) groups excluding carboxylic acids is 1. The second-order valence-corrected chi connectivity index (χ2v) is 7.29. The molecule has 3 rings (SSSR count). The number of amides is 1. The van der Waals surface area contributed by atoms with E-state index in [0.717, 1.165) is 16.7 Å². The van der Waals surface area contributed by atoms with E-state index in [4.69, 9.17) is 9.26 Å². The maximum Gasteiger partial charge on any atom is 0.264 e. The molecule has 6 nitrogen and oxygen atoms in total. The lowest BCUT2D eigenvalue weighted by Crippen LogP contribution is -2.44. The van der Waals surface area contributed by atoms with Crippen molar-refractivity contribution in [2.24, 2.45) is 0 Å². The molecule has 27 heavy (non-hydrogen) atoms. The molecular formula is C20H26FN3O3. The molecule has 1 saturated heterocycles. The highest BCUT2D eigenvalue weighted by atomic mass is 19.1. The number of hydrogen-bond acceptors (Lipinski definition) is 5. The van der Waals surface area contributed by atoms with E-state index >= 15 is 4.39 Å². The highest BCUT2D eigenvalue weighted by molar-refractivity contribution is 5.97. The van der Waals surface area contributed by atoms with Gasteiger partial charge in [-0.1, -0.05) is 22.9 Å². The number of nitrogens with zero attached hydrogens (tertiary/aromatic N) is 3. The number of halogens is 1. The van der Waals surface area contributed by atoms with Crippen LogP contribution in [-0.4, -0.2) is 47.8 Å². The van der Waals surface area contributed by atoms with Gasteiger partial charge in [0.1, 0.15) is 0 Å². The van der Waals surface area contributed by atoms with Crippen molar-refractivity contribution in [1.29, 1.82) is 0 Å². The molecule has 1 aromatic heterocycles. The van der Waals surface area contributed by atoms with Crippen LogP contribution in [0.4, 0.5) is 4.39 Å². The first-order chi connectivity index (χ1) is 12.8. The normalized spacial score (nSPS) is 16.6. The highest BCUT2D eigenvalue weighted by Gasteiger charge is 2.42. The molecule has 1 aliphatic heterocycles. The van der Waals surface area contributed by atoms with Crippen molar-refractivity contribution in [2.75, 3.05) is 26.8 Å². The number of aromatic nitrogens is 2. The second kappa shape index (κ2) is 7.76. The third-order valence-electron chi connectivity index (χ3n) is 5.12. The van der Waals surface area contributed by atoms with Gasteiger partial charge in [-0.3, -0.25) is 4.79 Å². The minimum atomic E-state index is -1.69. The molecule has 1 aliphatic rings. The van der Waals surface area contributed by atoms with Gasteiger partial charge in [-0.15, -0.1) is 0 Å². The fraction of sp³-hybridized carbons (Fsp3) is 0.550. The molecule has 1 aromatic carbocycles. The van der Waals surface area contributed by atoms with Crippen LogP contribution in [0.15, 0.2) is 16.7 Å². The van der Waals surface area contributed by atoms with E-state index in [2.05, 4.69) is 10.1 Å². The zero-order valence-corrected chi connectivity index (χ0v) is 16.3. The molecule has 2 heterocycles. The number of carbonyl (C=O) groups is 1. The third-order valence-corrected chi connectivity index (χ3v) is 5.12. The summed E-state index contributed by atoms with van der Waals surface area (Å²) in [6.07, 6.45) is 0.774. The van der Waals surface area contributed by atoms with Gasteiger partial charge in [0.05, 0.1) is 6.61 Å². The molecule has 1 fully saturated rings. The van der Waals surface area contributed by atoms with Crippen LogP contribution in [0, 0.1) is 20.8 Å². The SMILES string of the molecule is COCCc1noc(C2(F)CCN(C(=O)c3c(C)cc(C)cc3C)CC2)n1. The van der Waals surface area contributed by atoms with Crippen LogP contribution in [0.5, 0.6) is 0 Å². The largest absolute Gasteiger partial charge is 0.384 e. The molecule has 2 aromatic rings. The van der Waals surface area contributed by atoms with Crippen LogP contribution >= 0.6 is 0 Å². The molecule has 0 radical (unpaired) electrons. The number of rotatable bonds is 5. The van der Waals surface area contributed by atoms with Crippen molar-refractivity contribution in [1.82, 2.24) is 15.0 Å². The molecule has 0 saturated carbocycles. The van der Waals surface area contributed by atoms with Gasteiger partial charge in [0.2, 0.25) is 0 Å². The van der Waals surface area contributed by atoms with Crippen LogP contribution in [-0.2, 0) is 16.8 Å². The Morgan fingerprint density at radius 2 is 1.89 bits per heavy atom. The van der Waals surface area contributed by atoms with E-state index in [-0.39, 0.29) is 24.6 Å². The Morgan fingerprint density at radius 3 is 2.48 bits per heavy atom. The maximum absolute atomic E-state index is 15.3. The van der Waals surface area contributed by atoms with Gasteiger partial charge in [0.25, 0.3) is 11.8 Å². The fourth-order valence-corrected chi connectivity index (χ4v) is 3.68. The lowest BCUT2D eigenvalue weighted by atomic mass is 9.91. The Balaban J connectivity index is 1.69. The van der Waals surface area contributed by atoms with E-state index < -0.39 is 5.67 Å². The number of piperidine rings is 1. The zero-order valence-electron chi connectivity index (χ0n) is 16.3. The minimum Gasteiger partial charge on any atom is -0.384 e. The lowest BCUT2D eigenvalue weighted by Gasteiger charge is -2.34. The van der Waals surface area contributed by atoms with Crippen LogP contribution in [0.25, 0.3) is 0 Å². The summed E-state index contributed by atoms with van der Waals surface area (Å²) < 4.78 is 25.4. The molecule has 0 aliphatic carbocycles. The topological polar surface area (TPSA) is 68.5 Å². The summed E-state index contributed by atoms with van der Waals surface area (Å²) in [5.41, 5.74) is 2.06. The van der Waals surface area contributed by atoms with Gasteiger partial charge in [0.15, 0.2) is 11.5 Å². The Kier molecular flexibility index (Phi) is 5.60. The van der Waals surface area contributed by atoms with E-state index in [1.165, 1.54) is 0 Å². The van der Waals surface area contributed by atoms with Crippen molar-refractivity contribution in [3.63, 3.8) is 0 Å². The number of alkyl halides is 1. The minimum absolute atomic E-state index is 0.00315. The zero-order chi connectivity index (χ0) is 19.6. The van der Waals surface area contributed by atoms with E-state index in [1.54, 1.807) is 12.0 Å². The monoisotopic (exact) mass is 375 g/mol. The average molecular weight is 375 g/mol. The molecule has 0 atom stereocenters. The van der Waals surface area contributed by atoms with E-state index in [1.807, 2.05) is 32.9 Å². The van der Waals surface area contributed by atoms with Crippen molar-refractivity contribution in [3.05, 3.63) is 46.1 Å². The smallest absolute Gasteiger partial charge is 0.264 e. The van der Waals surface area contributed by atoms with Crippen molar-refractivity contribution >= 4 is 5.91 Å². The molecule has 1 amide bonds. The van der Waals surface area contributed by atoms with Gasteiger partial charge in [-0.05, 0) is 31.9 Å². The fourth-order valence-electron chi connectivity index (χ4n) is 3.68. The number of likely N-dealkylation sites (tertiary alicyclic amines) is 1. The van der Waals surface area contributed by atoms with Crippen LogP contribution in [0.2, 0.25) is 0 Å². The molecule has 0 spiro atoms. The van der Waals surface area contributed by atoms with Gasteiger partial charge in [0, 0.05) is 45.0 Å². The summed E-state index contributed by atoms with van der Waals surface area (Å²) in [7, 11) is 1.59. The van der Waals surface area contributed by atoms with E-state index in [0.29, 0.717) is 37.5 Å². The highest BCUT2D eigenvalue weighted by Crippen LogP contribution is 2.36. The number of hydrogen-bond donors (Lipinski definition) is 0. The predicted octanol–water partition coefficient (Wildman–Crippen LogP) is 3.28. The molecule has 0 bridgehead atoms. The molecule has 146 valence electrons. The summed E-state index contributed by atoms with van der Waals surface area (Å²) in [5, 5.41) is 3.82. The summed E-state index contributed by atoms with van der Waals surface area (Å²) in [5.74, 6) is 0.398. The Bertz CT molecular complexity index is 803. The third kappa shape index (κ3) is 4.03. The number of ether oxygens (including phenoxy) is 1. The van der Waals surface area contributed by atoms with Crippen molar-refractivity contribution < 1.29 is 18.4 Å². The Labute approximate surface area is 158 Å². The number of aryl methyl sites for hydroxylation is 3. The van der Waals surface area contributed by atoms with Gasteiger partial charge in [-0.25, -0.2) is 4.39 Å². The first kappa shape index (κ1) is 19.5. The average Bonchev–Trinajstić information content (AvgIpc) is 3.09. The summed E-state index contributed by atoms with van der Waals surface area (Å²) in [6.45, 7) is 6.98. The van der Waals surface area contributed by atoms with Crippen LogP contribution in [0.1, 0.15) is 51.6 Å². The lowest BCUT2D eigenvalue weighted by molar-refractivity contribution is 0.0248. The number of benzene rings is 1.